The zero-order valence-corrected chi connectivity index (χ0v) is 25.8. The van der Waals surface area contributed by atoms with E-state index >= 15 is 0 Å². The van der Waals surface area contributed by atoms with Gasteiger partial charge in [-0.2, -0.15) is 0 Å². The fourth-order valence-corrected chi connectivity index (χ4v) is 5.35. The molecule has 2 heterocycles. The van der Waals surface area contributed by atoms with Crippen LogP contribution in [0.25, 0.3) is 22.7 Å². The Morgan fingerprint density at radius 1 is 0.800 bits per heavy atom. The second kappa shape index (κ2) is 15.3. The maximum atomic E-state index is 14.4. The van der Waals surface area contributed by atoms with Gasteiger partial charge in [0.15, 0.2) is 0 Å². The van der Waals surface area contributed by atoms with E-state index in [1.807, 2.05) is 105 Å². The molecule has 1 aliphatic rings. The number of benzene rings is 3. The normalized spacial score (nSPS) is 14.5. The van der Waals surface area contributed by atoms with E-state index in [0.717, 1.165) is 16.7 Å². The van der Waals surface area contributed by atoms with Gasteiger partial charge in [0.2, 0.25) is 23.3 Å². The van der Waals surface area contributed by atoms with Gasteiger partial charge in [-0.25, -0.2) is 9.78 Å². The summed E-state index contributed by atoms with van der Waals surface area (Å²) in [7, 11) is 0. The third-order valence-corrected chi connectivity index (χ3v) is 7.74. The smallest absolute Gasteiger partial charge is 0.318 e. The summed E-state index contributed by atoms with van der Waals surface area (Å²) in [5, 5.41) is 5.90. The molecule has 45 heavy (non-hydrogen) atoms. The van der Waals surface area contributed by atoms with Crippen LogP contribution in [-0.4, -0.2) is 66.0 Å². The van der Waals surface area contributed by atoms with Crippen LogP contribution in [0, 0.1) is 5.92 Å². The van der Waals surface area contributed by atoms with Crippen LogP contribution in [0.2, 0.25) is 0 Å². The van der Waals surface area contributed by atoms with E-state index in [0.29, 0.717) is 57.2 Å². The number of urea groups is 1. The first-order valence-corrected chi connectivity index (χ1v) is 15.5. The number of nitrogens with zero attached hydrogens (tertiary/aromatic N) is 2. The lowest BCUT2D eigenvalue weighted by Crippen LogP contribution is -2.56. The van der Waals surface area contributed by atoms with Crippen LogP contribution in [0.1, 0.15) is 42.8 Å². The maximum Gasteiger partial charge on any atom is 0.318 e. The number of hydrogen-bond acceptors (Lipinski definition) is 6. The zero-order chi connectivity index (χ0) is 31.6. The summed E-state index contributed by atoms with van der Waals surface area (Å²) in [6.45, 7) is 5.80. The fourth-order valence-electron chi connectivity index (χ4n) is 5.35. The van der Waals surface area contributed by atoms with Crippen molar-refractivity contribution in [2.75, 3.05) is 26.3 Å². The Morgan fingerprint density at radius 3 is 2.02 bits per heavy atom. The highest BCUT2D eigenvalue weighted by molar-refractivity contribution is 6.04. The fraction of sp³-hybridized carbons (Fsp3) is 0.333. The van der Waals surface area contributed by atoms with Crippen LogP contribution in [0.5, 0.6) is 0 Å². The van der Waals surface area contributed by atoms with E-state index in [4.69, 9.17) is 14.1 Å². The van der Waals surface area contributed by atoms with E-state index < -0.39 is 18.0 Å². The topological polar surface area (TPSA) is 114 Å². The van der Waals surface area contributed by atoms with Gasteiger partial charge in [-0.3, -0.25) is 9.59 Å². The molecule has 234 valence electrons. The lowest BCUT2D eigenvalue weighted by molar-refractivity contribution is -0.123. The maximum absolute atomic E-state index is 14.4. The third-order valence-electron chi connectivity index (χ3n) is 7.74. The van der Waals surface area contributed by atoms with Crippen molar-refractivity contribution >= 4 is 17.7 Å². The molecule has 1 aliphatic heterocycles. The molecule has 1 fully saturated rings. The Hall–Kier alpha value is -4.76. The monoisotopic (exact) mass is 608 g/mol. The number of hydrogen-bond donors (Lipinski definition) is 2. The average Bonchev–Trinajstić information content (AvgIpc) is 3.53. The Bertz CT molecular complexity index is 1550. The lowest BCUT2D eigenvalue weighted by atomic mass is 9.97. The summed E-state index contributed by atoms with van der Waals surface area (Å²) in [6.07, 6.45) is 1.29. The quantitative estimate of drug-likeness (QED) is 0.198. The Balaban J connectivity index is 1.45. The average molecular weight is 609 g/mol. The molecule has 2 atom stereocenters. The van der Waals surface area contributed by atoms with Crippen LogP contribution < -0.4 is 10.6 Å². The van der Waals surface area contributed by atoms with E-state index in [1.165, 1.54) is 0 Å². The number of carbonyl (C=O) groups excluding carboxylic acids is 3. The van der Waals surface area contributed by atoms with Gasteiger partial charge in [0, 0.05) is 24.2 Å². The number of aromatic nitrogens is 1. The van der Waals surface area contributed by atoms with E-state index in [1.54, 1.807) is 4.90 Å². The summed E-state index contributed by atoms with van der Waals surface area (Å²) in [6, 6.07) is 26.6. The summed E-state index contributed by atoms with van der Waals surface area (Å²) in [4.78, 5) is 47.7. The molecule has 0 bridgehead atoms. The molecule has 5 rings (SSSR count). The largest absolute Gasteiger partial charge is 0.432 e. The second-order valence-corrected chi connectivity index (χ2v) is 11.6. The number of oxazole rings is 1. The van der Waals surface area contributed by atoms with Crippen molar-refractivity contribution in [3.8, 4) is 22.7 Å². The number of aryl methyl sites for hydroxylation is 1. The minimum atomic E-state index is -0.924. The predicted molar refractivity (Wildman–Crippen MR) is 173 cm³/mol. The molecule has 3 amide bonds. The molecular weight excluding hydrogens is 568 g/mol. The highest BCUT2D eigenvalue weighted by Gasteiger charge is 2.33. The van der Waals surface area contributed by atoms with Crippen molar-refractivity contribution in [1.29, 1.82) is 0 Å². The molecule has 1 aromatic heterocycles. The van der Waals surface area contributed by atoms with Gasteiger partial charge < -0.3 is 24.7 Å². The van der Waals surface area contributed by atoms with Crippen LogP contribution in [0.3, 0.4) is 0 Å². The third kappa shape index (κ3) is 8.45. The van der Waals surface area contributed by atoms with Crippen molar-refractivity contribution in [1.82, 2.24) is 20.5 Å². The molecule has 1 saturated heterocycles. The number of rotatable bonds is 12. The van der Waals surface area contributed by atoms with Crippen LogP contribution >= 0.6 is 0 Å². The minimum absolute atomic E-state index is 0.0798. The van der Waals surface area contributed by atoms with Crippen molar-refractivity contribution in [2.24, 2.45) is 5.92 Å². The van der Waals surface area contributed by atoms with Gasteiger partial charge in [-0.15, -0.1) is 0 Å². The van der Waals surface area contributed by atoms with Crippen LogP contribution in [0.4, 0.5) is 4.79 Å². The SMILES string of the molecule is CC(C)CC(NC(=O)N1CCOCC1)C(=O)NC(CCc1ccccc1)C(=O)c1oc(-c2ccccc2)nc1-c1ccccc1. The van der Waals surface area contributed by atoms with E-state index in [-0.39, 0.29) is 23.5 Å². The van der Waals surface area contributed by atoms with Gasteiger partial charge in [-0.1, -0.05) is 92.7 Å². The predicted octanol–water partition coefficient (Wildman–Crippen LogP) is 5.77. The first-order valence-electron chi connectivity index (χ1n) is 15.5. The van der Waals surface area contributed by atoms with Gasteiger partial charge in [0.25, 0.3) is 0 Å². The standard InChI is InChI=1S/C36H40N4O5/c1-25(2)24-30(38-36(43)40-20-22-44-23-21-40)34(42)37-29(19-18-26-12-6-3-7-13-26)32(41)33-31(27-14-8-4-9-15-27)39-35(45-33)28-16-10-5-11-17-28/h3-17,25,29-30H,18-24H2,1-2H3,(H,37,42)(H,38,43). The molecular formula is C36H40N4O5. The van der Waals surface area contributed by atoms with E-state index in [2.05, 4.69) is 10.6 Å². The molecule has 2 N–H and O–H groups in total. The molecule has 0 aliphatic carbocycles. The molecule has 0 radical (unpaired) electrons. The Labute approximate surface area is 264 Å². The number of Topliss-reactive ketones (excluding diaryl/α,β-unsaturated/α-hetero) is 1. The number of nitrogens with one attached hydrogen (secondary N) is 2. The molecule has 0 spiro atoms. The van der Waals surface area contributed by atoms with Crippen molar-refractivity contribution in [2.45, 2.75) is 45.2 Å². The summed E-state index contributed by atoms with van der Waals surface area (Å²) < 4.78 is 11.6. The van der Waals surface area contributed by atoms with Crippen molar-refractivity contribution in [3.63, 3.8) is 0 Å². The zero-order valence-electron chi connectivity index (χ0n) is 25.8. The van der Waals surface area contributed by atoms with Crippen LogP contribution in [0.15, 0.2) is 95.4 Å². The number of ketones is 1. The molecule has 0 saturated carbocycles. The van der Waals surface area contributed by atoms with Crippen molar-refractivity contribution in [3.05, 3.63) is 102 Å². The molecule has 9 nitrogen and oxygen atoms in total. The summed E-state index contributed by atoms with van der Waals surface area (Å²) >= 11 is 0. The number of carbonyl (C=O) groups is 3. The van der Waals surface area contributed by atoms with E-state index in [9.17, 15) is 14.4 Å². The molecule has 3 aromatic carbocycles. The molecule has 9 heteroatoms. The van der Waals surface area contributed by atoms with Gasteiger partial charge in [-0.05, 0) is 42.9 Å². The van der Waals surface area contributed by atoms with Gasteiger partial charge in [0.05, 0.1) is 19.3 Å². The summed E-state index contributed by atoms with van der Waals surface area (Å²) in [5.41, 5.74) is 2.92. The first-order chi connectivity index (χ1) is 21.9. The lowest BCUT2D eigenvalue weighted by Gasteiger charge is -2.30. The molecule has 2 unspecified atom stereocenters. The Kier molecular flexibility index (Phi) is 10.8. The van der Waals surface area contributed by atoms with Crippen LogP contribution in [-0.2, 0) is 16.0 Å². The van der Waals surface area contributed by atoms with Crippen molar-refractivity contribution < 1.29 is 23.5 Å². The highest BCUT2D eigenvalue weighted by Crippen LogP contribution is 2.30. The number of amides is 3. The summed E-state index contributed by atoms with van der Waals surface area (Å²) in [5.74, 6) is -0.273. The number of ether oxygens (including phenoxy) is 1. The van der Waals surface area contributed by atoms with Gasteiger partial charge in [0.1, 0.15) is 11.7 Å². The van der Waals surface area contributed by atoms with Gasteiger partial charge >= 0.3 is 6.03 Å². The first kappa shape index (κ1) is 31.7. The minimum Gasteiger partial charge on any atom is -0.432 e. The second-order valence-electron chi connectivity index (χ2n) is 11.6. The molecule has 4 aromatic rings. The highest BCUT2D eigenvalue weighted by atomic mass is 16.5. The number of morpholine rings is 1. The Morgan fingerprint density at radius 2 is 1.40 bits per heavy atom.